The average molecular weight is 378 g/mol. The SMILES string of the molecule is CO[C@@H]1CCC[C@]12CCCN(S(=O)(=O)c1cc(Cl)ccc1Cl)C2. The molecule has 1 aromatic rings. The molecule has 1 aliphatic carbocycles. The van der Waals surface area contributed by atoms with E-state index in [4.69, 9.17) is 27.9 Å². The van der Waals surface area contributed by atoms with Crippen LogP contribution in [0.2, 0.25) is 10.0 Å². The predicted molar refractivity (Wildman–Crippen MR) is 91.5 cm³/mol. The van der Waals surface area contributed by atoms with E-state index < -0.39 is 10.0 Å². The second-order valence-electron chi connectivity index (χ2n) is 6.50. The third-order valence-corrected chi connectivity index (χ3v) is 7.75. The summed E-state index contributed by atoms with van der Waals surface area (Å²) < 4.78 is 33.3. The van der Waals surface area contributed by atoms with Crippen LogP contribution in [0.1, 0.15) is 32.1 Å². The van der Waals surface area contributed by atoms with Gasteiger partial charge in [-0.25, -0.2) is 8.42 Å². The highest BCUT2D eigenvalue weighted by Gasteiger charge is 2.48. The van der Waals surface area contributed by atoms with Crippen LogP contribution in [-0.4, -0.2) is 39.0 Å². The van der Waals surface area contributed by atoms with Gasteiger partial charge in [0.25, 0.3) is 0 Å². The molecule has 4 nitrogen and oxygen atoms in total. The van der Waals surface area contributed by atoms with Crippen LogP contribution in [0.3, 0.4) is 0 Å². The zero-order valence-corrected chi connectivity index (χ0v) is 15.4. The van der Waals surface area contributed by atoms with E-state index >= 15 is 0 Å². The van der Waals surface area contributed by atoms with Crippen molar-refractivity contribution in [2.24, 2.45) is 5.41 Å². The van der Waals surface area contributed by atoms with Gasteiger partial charge < -0.3 is 4.74 Å². The van der Waals surface area contributed by atoms with Crippen molar-refractivity contribution in [3.05, 3.63) is 28.2 Å². The minimum Gasteiger partial charge on any atom is -0.381 e. The first-order chi connectivity index (χ1) is 10.9. The summed E-state index contributed by atoms with van der Waals surface area (Å²) in [6.07, 6.45) is 5.10. The molecule has 1 saturated carbocycles. The van der Waals surface area contributed by atoms with Gasteiger partial charge >= 0.3 is 0 Å². The van der Waals surface area contributed by atoms with Gasteiger partial charge in [0.05, 0.1) is 11.1 Å². The summed E-state index contributed by atoms with van der Waals surface area (Å²) in [5.74, 6) is 0. The number of hydrogen-bond donors (Lipinski definition) is 0. The molecule has 2 atom stereocenters. The van der Waals surface area contributed by atoms with Gasteiger partial charge in [0.2, 0.25) is 10.0 Å². The summed E-state index contributed by atoms with van der Waals surface area (Å²) in [4.78, 5) is 0.0932. The summed E-state index contributed by atoms with van der Waals surface area (Å²) in [5.41, 5.74) is -0.0644. The fraction of sp³-hybridized carbons (Fsp3) is 0.625. The zero-order valence-electron chi connectivity index (χ0n) is 13.1. The molecular weight excluding hydrogens is 357 g/mol. The average Bonchev–Trinajstić information content (AvgIpc) is 2.91. The van der Waals surface area contributed by atoms with Crippen molar-refractivity contribution in [2.45, 2.75) is 43.1 Å². The molecule has 1 aromatic carbocycles. The van der Waals surface area contributed by atoms with Gasteiger partial charge in [-0.15, -0.1) is 0 Å². The minimum absolute atomic E-state index is 0.0644. The molecular formula is C16H21Cl2NO3S. The smallest absolute Gasteiger partial charge is 0.244 e. The fourth-order valence-corrected chi connectivity index (χ4v) is 6.39. The van der Waals surface area contributed by atoms with Crippen molar-refractivity contribution in [3.8, 4) is 0 Å². The molecule has 0 unspecified atom stereocenters. The number of hydrogen-bond acceptors (Lipinski definition) is 3. The second kappa shape index (κ2) is 6.52. The first-order valence-electron chi connectivity index (χ1n) is 7.87. The van der Waals surface area contributed by atoms with E-state index in [0.717, 1.165) is 32.1 Å². The number of piperidine rings is 1. The van der Waals surface area contributed by atoms with Crippen molar-refractivity contribution in [1.29, 1.82) is 0 Å². The number of halogens is 2. The molecule has 2 aliphatic rings. The summed E-state index contributed by atoms with van der Waals surface area (Å²) in [6, 6.07) is 4.56. The molecule has 0 bridgehead atoms. The molecule has 128 valence electrons. The van der Waals surface area contributed by atoms with Gasteiger partial charge in [-0.3, -0.25) is 0 Å². The minimum atomic E-state index is -3.65. The Bertz CT molecular complexity index is 695. The van der Waals surface area contributed by atoms with E-state index in [1.54, 1.807) is 17.5 Å². The van der Waals surface area contributed by atoms with Crippen LogP contribution in [0.5, 0.6) is 0 Å². The fourth-order valence-electron chi connectivity index (χ4n) is 4.08. The van der Waals surface area contributed by atoms with Crippen molar-refractivity contribution in [3.63, 3.8) is 0 Å². The first kappa shape index (κ1) is 17.5. The molecule has 23 heavy (non-hydrogen) atoms. The van der Waals surface area contributed by atoms with Crippen LogP contribution in [-0.2, 0) is 14.8 Å². The number of methoxy groups -OCH3 is 1. The van der Waals surface area contributed by atoms with E-state index in [1.807, 2.05) is 0 Å². The van der Waals surface area contributed by atoms with Crippen LogP contribution in [0, 0.1) is 5.41 Å². The van der Waals surface area contributed by atoms with Gasteiger partial charge in [0.1, 0.15) is 4.90 Å². The molecule has 0 N–H and O–H groups in total. The Labute approximate surface area is 147 Å². The maximum atomic E-state index is 13.0. The lowest BCUT2D eigenvalue weighted by molar-refractivity contribution is -0.0184. The van der Waals surface area contributed by atoms with Gasteiger partial charge in [-0.2, -0.15) is 4.31 Å². The number of rotatable bonds is 3. The molecule has 1 heterocycles. The van der Waals surface area contributed by atoms with E-state index in [0.29, 0.717) is 18.1 Å². The third-order valence-electron chi connectivity index (χ3n) is 5.19. The highest BCUT2D eigenvalue weighted by Crippen LogP contribution is 2.47. The lowest BCUT2D eigenvalue weighted by Crippen LogP contribution is -2.49. The van der Waals surface area contributed by atoms with Crippen molar-refractivity contribution in [1.82, 2.24) is 4.31 Å². The van der Waals surface area contributed by atoms with Crippen LogP contribution in [0.4, 0.5) is 0 Å². The molecule has 0 amide bonds. The Morgan fingerprint density at radius 2 is 2.00 bits per heavy atom. The Kier molecular flexibility index (Phi) is 4.96. The van der Waals surface area contributed by atoms with Gasteiger partial charge in [-0.05, 0) is 43.9 Å². The molecule has 1 saturated heterocycles. The molecule has 7 heteroatoms. The van der Waals surface area contributed by atoms with E-state index in [2.05, 4.69) is 0 Å². The highest BCUT2D eigenvalue weighted by atomic mass is 35.5. The quantitative estimate of drug-likeness (QED) is 0.800. The Hall–Kier alpha value is -0.330. The topological polar surface area (TPSA) is 46.6 Å². The maximum Gasteiger partial charge on any atom is 0.244 e. The molecule has 1 spiro atoms. The molecule has 3 rings (SSSR count). The summed E-state index contributed by atoms with van der Waals surface area (Å²) in [7, 11) is -1.93. The van der Waals surface area contributed by atoms with E-state index in [-0.39, 0.29) is 21.4 Å². The molecule has 2 fully saturated rings. The largest absolute Gasteiger partial charge is 0.381 e. The van der Waals surface area contributed by atoms with Crippen molar-refractivity contribution < 1.29 is 13.2 Å². The van der Waals surface area contributed by atoms with Gasteiger partial charge in [0, 0.05) is 30.6 Å². The first-order valence-corrected chi connectivity index (χ1v) is 10.1. The normalized spacial score (nSPS) is 29.3. The van der Waals surface area contributed by atoms with Crippen molar-refractivity contribution in [2.75, 3.05) is 20.2 Å². The lowest BCUT2D eigenvalue weighted by Gasteiger charge is -2.43. The Balaban J connectivity index is 1.93. The zero-order chi connectivity index (χ0) is 16.7. The van der Waals surface area contributed by atoms with Gasteiger partial charge in [-0.1, -0.05) is 29.6 Å². The summed E-state index contributed by atoms with van der Waals surface area (Å²) in [5, 5.41) is 0.582. The molecule has 1 aliphatic heterocycles. The van der Waals surface area contributed by atoms with Gasteiger partial charge in [0.15, 0.2) is 0 Å². The van der Waals surface area contributed by atoms with Crippen LogP contribution in [0.25, 0.3) is 0 Å². The van der Waals surface area contributed by atoms with Crippen molar-refractivity contribution >= 4 is 33.2 Å². The van der Waals surface area contributed by atoms with Crippen LogP contribution < -0.4 is 0 Å². The third kappa shape index (κ3) is 3.14. The van der Waals surface area contributed by atoms with Crippen LogP contribution in [0.15, 0.2) is 23.1 Å². The summed E-state index contributed by atoms with van der Waals surface area (Å²) in [6.45, 7) is 1.01. The molecule has 0 radical (unpaired) electrons. The Morgan fingerprint density at radius 3 is 2.74 bits per heavy atom. The van der Waals surface area contributed by atoms with E-state index in [1.165, 1.54) is 12.1 Å². The number of nitrogens with zero attached hydrogens (tertiary/aromatic N) is 1. The predicted octanol–water partition coefficient (Wildman–Crippen LogP) is 3.96. The molecule has 0 aromatic heterocycles. The standard InChI is InChI=1S/C16H21Cl2NO3S/c1-22-15-4-2-7-16(15)8-3-9-19(11-16)23(20,21)14-10-12(17)5-6-13(14)18/h5-6,10,15H,2-4,7-9,11H2,1H3/t15-,16-/m1/s1. The van der Waals surface area contributed by atoms with E-state index in [9.17, 15) is 8.42 Å². The summed E-state index contributed by atoms with van der Waals surface area (Å²) >= 11 is 12.1. The van der Waals surface area contributed by atoms with Crippen LogP contribution >= 0.6 is 23.2 Å². The number of ether oxygens (including phenoxy) is 1. The number of sulfonamides is 1. The second-order valence-corrected chi connectivity index (χ2v) is 9.25. The Morgan fingerprint density at radius 1 is 1.26 bits per heavy atom. The maximum absolute atomic E-state index is 13.0. The highest BCUT2D eigenvalue weighted by molar-refractivity contribution is 7.89. The number of benzene rings is 1. The lowest BCUT2D eigenvalue weighted by atomic mass is 9.77. The monoisotopic (exact) mass is 377 g/mol.